The number of nitrogens with zero attached hydrogens (tertiary/aromatic N) is 2. The topological polar surface area (TPSA) is 148 Å². The van der Waals surface area contributed by atoms with Gasteiger partial charge in [0.25, 0.3) is 0 Å². The first-order chi connectivity index (χ1) is 14.9. The van der Waals surface area contributed by atoms with Crippen LogP contribution in [0, 0.1) is 5.92 Å². The molecule has 0 aliphatic rings. The zero-order valence-corrected chi connectivity index (χ0v) is 18.9. The Hall–Kier alpha value is -3.01. The molecule has 172 valence electrons. The van der Waals surface area contributed by atoms with E-state index in [2.05, 4.69) is 10.3 Å². The first-order valence-electron chi connectivity index (χ1n) is 10.4. The van der Waals surface area contributed by atoms with Crippen LogP contribution in [0.25, 0.3) is 10.9 Å². The monoisotopic (exact) mass is 441 g/mol. The van der Waals surface area contributed by atoms with Crippen molar-refractivity contribution < 1.29 is 19.2 Å². The zero-order valence-electron chi connectivity index (χ0n) is 18.9. The van der Waals surface area contributed by atoms with Gasteiger partial charge in [0.05, 0.1) is 24.5 Å². The number of amides is 1. The number of fused-ring (bicyclic) bond motifs is 1. The standard InChI is InChI=1S/C23H31N5O4/c1-14(2)11-17(27-20(31)13-28(3)4)18(29)12-19(30)23(24,25)22(32)16-9-5-7-15-8-6-10-26-21(15)16/h5-10,14,17H,11-13,24-25H2,1-4H3,(H,27,31)/t17-/m0/s1. The number of likely N-dealkylation sites (N-methyl/N-ethyl adjacent to an activating group) is 1. The van der Waals surface area contributed by atoms with Crippen LogP contribution in [0.2, 0.25) is 0 Å². The highest BCUT2D eigenvalue weighted by atomic mass is 16.2. The molecule has 9 heteroatoms. The lowest BCUT2D eigenvalue weighted by Gasteiger charge is -2.24. The quantitative estimate of drug-likeness (QED) is 0.261. The highest BCUT2D eigenvalue weighted by Gasteiger charge is 2.40. The first kappa shape index (κ1) is 25.3. The van der Waals surface area contributed by atoms with E-state index in [1.807, 2.05) is 13.8 Å². The second kappa shape index (κ2) is 10.5. The molecule has 0 saturated carbocycles. The lowest BCUT2D eigenvalue weighted by molar-refractivity contribution is -0.133. The highest BCUT2D eigenvalue weighted by molar-refractivity contribution is 6.24. The van der Waals surface area contributed by atoms with Crippen LogP contribution >= 0.6 is 0 Å². The molecular weight excluding hydrogens is 410 g/mol. The van der Waals surface area contributed by atoms with Gasteiger partial charge in [0.1, 0.15) is 0 Å². The summed E-state index contributed by atoms with van der Waals surface area (Å²) < 4.78 is 0. The van der Waals surface area contributed by atoms with Gasteiger partial charge in [-0.05, 0) is 38.6 Å². The van der Waals surface area contributed by atoms with Gasteiger partial charge in [-0.15, -0.1) is 0 Å². The average molecular weight is 442 g/mol. The number of ketones is 3. The van der Waals surface area contributed by atoms with Crippen molar-refractivity contribution in [2.24, 2.45) is 17.4 Å². The minimum absolute atomic E-state index is 0.0857. The summed E-state index contributed by atoms with van der Waals surface area (Å²) in [5.41, 5.74) is 9.96. The van der Waals surface area contributed by atoms with E-state index in [0.717, 1.165) is 0 Å². The molecule has 0 saturated heterocycles. The maximum atomic E-state index is 13.1. The zero-order chi connectivity index (χ0) is 24.1. The Balaban J connectivity index is 2.20. The fraction of sp³-hybridized carbons (Fsp3) is 0.435. The van der Waals surface area contributed by atoms with Crippen molar-refractivity contribution in [1.29, 1.82) is 0 Å². The summed E-state index contributed by atoms with van der Waals surface area (Å²) in [6.07, 6.45) is 1.19. The van der Waals surface area contributed by atoms with Gasteiger partial charge in [-0.3, -0.25) is 24.2 Å². The number of hydrogen-bond donors (Lipinski definition) is 3. The third-order valence-corrected chi connectivity index (χ3v) is 4.94. The Kier molecular flexibility index (Phi) is 8.31. The molecule has 1 aromatic heterocycles. The molecule has 9 nitrogen and oxygen atoms in total. The van der Waals surface area contributed by atoms with Crippen LogP contribution < -0.4 is 16.8 Å². The predicted octanol–water partition coefficient (Wildman–Crippen LogP) is 0.652. The molecule has 2 rings (SSSR count). The van der Waals surface area contributed by atoms with E-state index in [1.54, 1.807) is 43.3 Å². The second-order valence-corrected chi connectivity index (χ2v) is 8.63. The number of Topliss-reactive ketones (excluding diaryl/α,β-unsaturated/α-hetero) is 3. The third-order valence-electron chi connectivity index (χ3n) is 4.94. The number of carbonyl (C=O) groups is 4. The number of rotatable bonds is 11. The summed E-state index contributed by atoms with van der Waals surface area (Å²) >= 11 is 0. The van der Waals surface area contributed by atoms with Gasteiger partial charge in [-0.25, -0.2) is 0 Å². The van der Waals surface area contributed by atoms with Crippen molar-refractivity contribution in [3.63, 3.8) is 0 Å². The molecule has 5 N–H and O–H groups in total. The molecule has 2 aromatic rings. The lowest BCUT2D eigenvalue weighted by atomic mass is 9.89. The SMILES string of the molecule is CC(C)C[C@H](NC(=O)CN(C)C)C(=O)CC(=O)C(N)(N)C(=O)c1cccc2cccnc12. The minimum Gasteiger partial charge on any atom is -0.345 e. The van der Waals surface area contributed by atoms with E-state index in [-0.39, 0.29) is 23.9 Å². The van der Waals surface area contributed by atoms with Gasteiger partial charge < -0.3 is 21.7 Å². The van der Waals surface area contributed by atoms with Gasteiger partial charge in [-0.2, -0.15) is 0 Å². The summed E-state index contributed by atoms with van der Waals surface area (Å²) in [6, 6.07) is 7.51. The van der Waals surface area contributed by atoms with Crippen molar-refractivity contribution in [1.82, 2.24) is 15.2 Å². The molecule has 0 aliphatic carbocycles. The number of pyridine rings is 1. The van der Waals surface area contributed by atoms with Crippen LogP contribution in [0.5, 0.6) is 0 Å². The number of hydrogen-bond acceptors (Lipinski definition) is 8. The van der Waals surface area contributed by atoms with Gasteiger partial charge >= 0.3 is 0 Å². The Labute approximate surface area is 187 Å². The Morgan fingerprint density at radius 2 is 1.75 bits per heavy atom. The summed E-state index contributed by atoms with van der Waals surface area (Å²) in [5.74, 6) is -2.54. The third kappa shape index (κ3) is 6.25. The number of nitrogens with one attached hydrogen (secondary N) is 1. The summed E-state index contributed by atoms with van der Waals surface area (Å²) in [6.45, 7) is 3.89. The maximum absolute atomic E-state index is 13.1. The highest BCUT2D eigenvalue weighted by Crippen LogP contribution is 2.20. The van der Waals surface area contributed by atoms with Crippen LogP contribution in [0.15, 0.2) is 36.5 Å². The molecule has 0 bridgehead atoms. The molecule has 1 amide bonds. The van der Waals surface area contributed by atoms with Gasteiger partial charge in [-0.1, -0.05) is 32.0 Å². The van der Waals surface area contributed by atoms with Crippen LogP contribution in [-0.4, -0.2) is 65.5 Å². The smallest absolute Gasteiger partial charge is 0.234 e. The molecule has 0 unspecified atom stereocenters. The van der Waals surface area contributed by atoms with Crippen LogP contribution in [0.4, 0.5) is 0 Å². The van der Waals surface area contributed by atoms with Gasteiger partial charge in [0.15, 0.2) is 17.2 Å². The normalized spacial score (nSPS) is 12.8. The number of benzene rings is 1. The molecule has 0 radical (unpaired) electrons. The summed E-state index contributed by atoms with van der Waals surface area (Å²) in [5, 5.41) is 3.36. The average Bonchev–Trinajstić information content (AvgIpc) is 2.71. The van der Waals surface area contributed by atoms with E-state index in [4.69, 9.17) is 11.5 Å². The molecule has 32 heavy (non-hydrogen) atoms. The summed E-state index contributed by atoms with van der Waals surface area (Å²) in [7, 11) is 3.46. The molecule has 1 atom stereocenters. The Morgan fingerprint density at radius 3 is 2.38 bits per heavy atom. The second-order valence-electron chi connectivity index (χ2n) is 8.63. The molecule has 0 spiro atoms. The van der Waals surface area contributed by atoms with E-state index < -0.39 is 35.5 Å². The van der Waals surface area contributed by atoms with Crippen molar-refractivity contribution >= 4 is 34.2 Å². The van der Waals surface area contributed by atoms with Gasteiger partial charge in [0.2, 0.25) is 11.7 Å². The van der Waals surface area contributed by atoms with Crippen molar-refractivity contribution in [3.05, 3.63) is 42.1 Å². The molecule has 0 fully saturated rings. The minimum atomic E-state index is -2.41. The molecule has 0 aliphatic heterocycles. The Bertz CT molecular complexity index is 1010. The number of nitrogens with two attached hydrogens (primary N) is 2. The predicted molar refractivity (Wildman–Crippen MR) is 122 cm³/mol. The fourth-order valence-electron chi connectivity index (χ4n) is 3.33. The Morgan fingerprint density at radius 1 is 1.09 bits per heavy atom. The molecule has 1 aromatic carbocycles. The van der Waals surface area contributed by atoms with Crippen molar-refractivity contribution in [3.8, 4) is 0 Å². The van der Waals surface area contributed by atoms with Crippen LogP contribution in [-0.2, 0) is 14.4 Å². The van der Waals surface area contributed by atoms with Crippen molar-refractivity contribution in [2.45, 2.75) is 38.4 Å². The lowest BCUT2D eigenvalue weighted by Crippen LogP contribution is -2.63. The van der Waals surface area contributed by atoms with Crippen LogP contribution in [0.3, 0.4) is 0 Å². The van der Waals surface area contributed by atoms with E-state index in [1.165, 1.54) is 12.3 Å². The number of carbonyl (C=O) groups excluding carboxylic acids is 4. The summed E-state index contributed by atoms with van der Waals surface area (Å²) in [4.78, 5) is 56.8. The van der Waals surface area contributed by atoms with Gasteiger partial charge in [0, 0.05) is 17.1 Å². The molecule has 1 heterocycles. The first-order valence-corrected chi connectivity index (χ1v) is 10.4. The largest absolute Gasteiger partial charge is 0.345 e. The number of para-hydroxylation sites is 1. The van der Waals surface area contributed by atoms with E-state index >= 15 is 0 Å². The number of aromatic nitrogens is 1. The fourth-order valence-corrected chi connectivity index (χ4v) is 3.33. The molecular formula is C23H31N5O4. The van der Waals surface area contributed by atoms with E-state index in [9.17, 15) is 19.2 Å². The van der Waals surface area contributed by atoms with E-state index in [0.29, 0.717) is 17.3 Å². The van der Waals surface area contributed by atoms with Crippen molar-refractivity contribution in [2.75, 3.05) is 20.6 Å². The maximum Gasteiger partial charge on any atom is 0.234 e. The van der Waals surface area contributed by atoms with Crippen LogP contribution in [0.1, 0.15) is 37.0 Å².